The van der Waals surface area contributed by atoms with Crippen molar-refractivity contribution in [1.82, 2.24) is 0 Å². The first kappa shape index (κ1) is 23.5. The molecule has 0 bridgehead atoms. The fraction of sp³-hybridized carbons (Fsp3) is 0.179. The van der Waals surface area contributed by atoms with E-state index in [0.717, 1.165) is 18.6 Å². The maximum Gasteiger partial charge on any atom is 0.354 e. The van der Waals surface area contributed by atoms with Crippen molar-refractivity contribution in [2.45, 2.75) is 26.7 Å². The largest absolute Gasteiger partial charge is 0.494 e. The van der Waals surface area contributed by atoms with Crippen LogP contribution in [0.15, 0.2) is 78.4 Å². The van der Waals surface area contributed by atoms with Gasteiger partial charge in [0.15, 0.2) is 5.78 Å². The van der Waals surface area contributed by atoms with Crippen molar-refractivity contribution in [2.75, 3.05) is 6.61 Å². The van der Waals surface area contributed by atoms with Crippen molar-refractivity contribution >= 4 is 17.8 Å². The number of ether oxygens (including phenoxy) is 2. The predicted molar refractivity (Wildman–Crippen MR) is 127 cm³/mol. The lowest BCUT2D eigenvalue weighted by atomic mass is 10.0. The molecule has 0 aliphatic heterocycles. The number of carbonyl (C=O) groups excluding carboxylic acids is 2. The van der Waals surface area contributed by atoms with Crippen molar-refractivity contribution < 1.29 is 19.1 Å². The van der Waals surface area contributed by atoms with Gasteiger partial charge < -0.3 is 9.47 Å². The molecule has 33 heavy (non-hydrogen) atoms. The van der Waals surface area contributed by atoms with Crippen LogP contribution in [0.1, 0.15) is 46.8 Å². The summed E-state index contributed by atoms with van der Waals surface area (Å²) in [6.07, 6.45) is 3.51. The quantitative estimate of drug-likeness (QED) is 0.103. The second-order valence-corrected chi connectivity index (χ2v) is 7.51. The Labute approximate surface area is 193 Å². The third-order valence-corrected chi connectivity index (χ3v) is 4.97. The van der Waals surface area contributed by atoms with Crippen LogP contribution in [-0.4, -0.2) is 18.4 Å². The smallest absolute Gasteiger partial charge is 0.354 e. The number of hydrogen-bond acceptors (Lipinski definition) is 5. The summed E-state index contributed by atoms with van der Waals surface area (Å²) in [6, 6.07) is 22.9. The SMILES string of the molecule is CCCCOc1ccc(/C=C(\C#N)C(=O)Oc2ccc(C(=O)c3ccccc3)cc2C)cc1. The van der Waals surface area contributed by atoms with Gasteiger partial charge >= 0.3 is 5.97 Å². The summed E-state index contributed by atoms with van der Waals surface area (Å²) in [4.78, 5) is 25.2. The summed E-state index contributed by atoms with van der Waals surface area (Å²) in [6.45, 7) is 4.49. The molecular weight excluding hydrogens is 414 g/mol. The van der Waals surface area contributed by atoms with Gasteiger partial charge in [0.1, 0.15) is 23.1 Å². The molecule has 0 fully saturated rings. The molecule has 0 aromatic heterocycles. The van der Waals surface area contributed by atoms with E-state index in [0.29, 0.717) is 34.6 Å². The van der Waals surface area contributed by atoms with Crippen LogP contribution in [0.25, 0.3) is 6.08 Å². The lowest BCUT2D eigenvalue weighted by Crippen LogP contribution is -2.11. The Balaban J connectivity index is 1.70. The molecule has 3 aromatic carbocycles. The first-order valence-corrected chi connectivity index (χ1v) is 10.8. The van der Waals surface area contributed by atoms with Crippen molar-refractivity contribution in [3.8, 4) is 17.6 Å². The standard InChI is InChI=1S/C28H25NO4/c1-3-4-16-32-25-13-10-21(11-14-25)18-24(19-29)28(31)33-26-15-12-23(17-20(26)2)27(30)22-8-6-5-7-9-22/h5-15,17-18H,3-4,16H2,1-2H3/b24-18+. The molecule has 0 radical (unpaired) electrons. The lowest BCUT2D eigenvalue weighted by molar-refractivity contribution is -0.129. The number of esters is 1. The molecular formula is C28H25NO4. The van der Waals surface area contributed by atoms with Crippen LogP contribution in [0.5, 0.6) is 11.5 Å². The highest BCUT2D eigenvalue weighted by Crippen LogP contribution is 2.23. The number of nitrogens with zero attached hydrogens (tertiary/aromatic N) is 1. The van der Waals surface area contributed by atoms with E-state index in [1.807, 2.05) is 12.1 Å². The van der Waals surface area contributed by atoms with Crippen LogP contribution in [0, 0.1) is 18.3 Å². The van der Waals surface area contributed by atoms with Crippen molar-refractivity contribution in [3.05, 3.63) is 101 Å². The molecule has 0 amide bonds. The minimum Gasteiger partial charge on any atom is -0.494 e. The van der Waals surface area contributed by atoms with Crippen LogP contribution in [-0.2, 0) is 4.79 Å². The summed E-state index contributed by atoms with van der Waals surface area (Å²) >= 11 is 0. The molecule has 0 N–H and O–H groups in total. The summed E-state index contributed by atoms with van der Waals surface area (Å²) in [5.74, 6) is 0.162. The predicted octanol–water partition coefficient (Wildman–Crippen LogP) is 5.92. The van der Waals surface area contributed by atoms with Gasteiger partial charge in [0.25, 0.3) is 0 Å². The minimum atomic E-state index is -0.758. The average molecular weight is 440 g/mol. The van der Waals surface area contributed by atoms with Crippen LogP contribution >= 0.6 is 0 Å². The Hall–Kier alpha value is -4.17. The molecule has 0 saturated heterocycles. The van der Waals surface area contributed by atoms with Gasteiger partial charge in [-0.2, -0.15) is 5.26 Å². The highest BCUT2D eigenvalue weighted by Gasteiger charge is 2.16. The Morgan fingerprint density at radius 2 is 1.70 bits per heavy atom. The van der Waals surface area contributed by atoms with Crippen LogP contribution in [0.3, 0.4) is 0 Å². The van der Waals surface area contributed by atoms with Crippen LogP contribution in [0.4, 0.5) is 0 Å². The Bertz CT molecular complexity index is 1190. The van der Waals surface area contributed by atoms with Crippen LogP contribution in [0.2, 0.25) is 0 Å². The van der Waals surface area contributed by atoms with Gasteiger partial charge in [0.05, 0.1) is 6.61 Å². The molecule has 0 aliphatic rings. The van der Waals surface area contributed by atoms with E-state index in [9.17, 15) is 14.9 Å². The highest BCUT2D eigenvalue weighted by molar-refractivity contribution is 6.09. The Kier molecular flexibility index (Phi) is 8.15. The molecule has 3 rings (SSSR count). The summed E-state index contributed by atoms with van der Waals surface area (Å²) in [5.41, 5.74) is 2.26. The van der Waals surface area contributed by atoms with E-state index in [-0.39, 0.29) is 11.4 Å². The average Bonchev–Trinajstić information content (AvgIpc) is 2.84. The Morgan fingerprint density at radius 3 is 2.33 bits per heavy atom. The third-order valence-electron chi connectivity index (χ3n) is 4.97. The minimum absolute atomic E-state index is 0.115. The molecule has 0 saturated carbocycles. The summed E-state index contributed by atoms with van der Waals surface area (Å²) in [7, 11) is 0. The zero-order chi connectivity index (χ0) is 23.6. The molecule has 0 heterocycles. The van der Waals surface area contributed by atoms with Crippen LogP contribution < -0.4 is 9.47 Å². The number of carbonyl (C=O) groups is 2. The second-order valence-electron chi connectivity index (χ2n) is 7.51. The van der Waals surface area contributed by atoms with Gasteiger partial charge in [-0.3, -0.25) is 4.79 Å². The summed E-state index contributed by atoms with van der Waals surface area (Å²) in [5, 5.41) is 9.46. The molecule has 0 unspecified atom stereocenters. The molecule has 0 aliphatic carbocycles. The molecule has 3 aromatic rings. The first-order valence-electron chi connectivity index (χ1n) is 10.8. The normalized spacial score (nSPS) is 10.9. The highest BCUT2D eigenvalue weighted by atomic mass is 16.5. The molecule has 166 valence electrons. The fourth-order valence-electron chi connectivity index (χ4n) is 3.11. The van der Waals surface area contributed by atoms with E-state index in [2.05, 4.69) is 6.92 Å². The van der Waals surface area contributed by atoms with Crippen molar-refractivity contribution in [2.24, 2.45) is 0 Å². The van der Waals surface area contributed by atoms with Gasteiger partial charge in [-0.1, -0.05) is 55.8 Å². The van der Waals surface area contributed by atoms with Gasteiger partial charge in [-0.25, -0.2) is 4.79 Å². The van der Waals surface area contributed by atoms with Crippen molar-refractivity contribution in [1.29, 1.82) is 5.26 Å². The molecule has 5 heteroatoms. The number of unbranched alkanes of at least 4 members (excludes halogenated alkanes) is 1. The van der Waals surface area contributed by atoms with Gasteiger partial charge in [0.2, 0.25) is 0 Å². The number of aryl methyl sites for hydroxylation is 1. The maximum atomic E-state index is 12.6. The van der Waals surface area contributed by atoms with E-state index in [4.69, 9.17) is 9.47 Å². The van der Waals surface area contributed by atoms with Gasteiger partial charge in [-0.05, 0) is 60.9 Å². The van der Waals surface area contributed by atoms with Crippen molar-refractivity contribution in [3.63, 3.8) is 0 Å². The topological polar surface area (TPSA) is 76.4 Å². The monoisotopic (exact) mass is 439 g/mol. The van der Waals surface area contributed by atoms with E-state index < -0.39 is 5.97 Å². The number of rotatable bonds is 9. The maximum absolute atomic E-state index is 12.6. The number of hydrogen-bond donors (Lipinski definition) is 0. The molecule has 5 nitrogen and oxygen atoms in total. The lowest BCUT2D eigenvalue weighted by Gasteiger charge is -2.09. The zero-order valence-corrected chi connectivity index (χ0v) is 18.7. The number of benzene rings is 3. The van der Waals surface area contributed by atoms with E-state index in [1.54, 1.807) is 73.7 Å². The van der Waals surface area contributed by atoms with Gasteiger partial charge in [0, 0.05) is 11.1 Å². The molecule has 0 atom stereocenters. The van der Waals surface area contributed by atoms with E-state index in [1.165, 1.54) is 6.08 Å². The first-order chi connectivity index (χ1) is 16.0. The fourth-order valence-corrected chi connectivity index (χ4v) is 3.11. The second kappa shape index (κ2) is 11.4. The zero-order valence-electron chi connectivity index (χ0n) is 18.7. The van der Waals surface area contributed by atoms with E-state index >= 15 is 0 Å². The Morgan fingerprint density at radius 1 is 0.970 bits per heavy atom. The summed E-state index contributed by atoms with van der Waals surface area (Å²) < 4.78 is 11.1. The van der Waals surface area contributed by atoms with Gasteiger partial charge in [-0.15, -0.1) is 0 Å². The third kappa shape index (κ3) is 6.41. The number of nitriles is 1. The number of ketones is 1. The molecule has 0 spiro atoms.